The minimum atomic E-state index is -0.848. The summed E-state index contributed by atoms with van der Waals surface area (Å²) < 4.78 is 5.47. The molecule has 2 atom stereocenters. The molecule has 6 nitrogen and oxygen atoms in total. The first kappa shape index (κ1) is 68.1. The Bertz CT molecular complexity index is 1130. The van der Waals surface area contributed by atoms with Gasteiger partial charge in [0.05, 0.1) is 25.4 Å². The van der Waals surface area contributed by atoms with Gasteiger partial charge < -0.3 is 20.3 Å². The molecule has 0 rings (SSSR count). The molecule has 70 heavy (non-hydrogen) atoms. The van der Waals surface area contributed by atoms with Gasteiger partial charge in [0.15, 0.2) is 0 Å². The van der Waals surface area contributed by atoms with Crippen LogP contribution in [0.1, 0.15) is 335 Å². The van der Waals surface area contributed by atoms with Crippen LogP contribution in [-0.2, 0) is 14.3 Å². The lowest BCUT2D eigenvalue weighted by Crippen LogP contribution is -2.45. The molecule has 0 aromatic rings. The summed E-state index contributed by atoms with van der Waals surface area (Å²) in [5.74, 6) is -0.0748. The molecule has 0 saturated heterocycles. The van der Waals surface area contributed by atoms with Crippen LogP contribution in [0.25, 0.3) is 0 Å². The molecular weight excluding hydrogens is 863 g/mol. The average molecular weight is 985 g/mol. The van der Waals surface area contributed by atoms with Crippen LogP contribution in [0.15, 0.2) is 36.5 Å². The van der Waals surface area contributed by atoms with Crippen molar-refractivity contribution in [2.75, 3.05) is 13.2 Å². The third kappa shape index (κ3) is 55.4. The van der Waals surface area contributed by atoms with Crippen LogP contribution in [0.5, 0.6) is 0 Å². The summed E-state index contributed by atoms with van der Waals surface area (Å²) in [6.07, 6.45) is 74.6. The van der Waals surface area contributed by atoms with Crippen molar-refractivity contribution in [3.05, 3.63) is 36.5 Å². The van der Waals surface area contributed by atoms with Gasteiger partial charge in [-0.05, 0) is 57.8 Å². The lowest BCUT2D eigenvalue weighted by molar-refractivity contribution is -0.143. The molecule has 3 N–H and O–H groups in total. The predicted molar refractivity (Wildman–Crippen MR) is 306 cm³/mol. The number of allylic oxidation sites excluding steroid dienone is 5. The third-order valence-corrected chi connectivity index (χ3v) is 14.4. The Hall–Kier alpha value is -1.92. The van der Waals surface area contributed by atoms with E-state index in [9.17, 15) is 19.8 Å². The van der Waals surface area contributed by atoms with Gasteiger partial charge in [0, 0.05) is 12.8 Å². The van der Waals surface area contributed by atoms with E-state index in [1.165, 1.54) is 257 Å². The zero-order valence-corrected chi connectivity index (χ0v) is 47.0. The standard InChI is InChI=1S/C64H121NO5/c1-3-5-7-9-11-13-15-17-19-20-21-23-26-29-32-36-40-44-48-52-56-62(67)61(60-66)65-63(68)57-53-49-45-41-37-33-30-27-24-22-25-28-31-35-39-43-47-51-55-59-70-64(69)58-54-50-46-42-38-34-18-16-14-12-10-8-6-4-2/h10,12,16,18,52,56,61-62,66-67H,3-9,11,13-15,17,19-51,53-55,57-60H2,1-2H3,(H,65,68)/b12-10-,18-16-,56-52+. The highest BCUT2D eigenvalue weighted by Gasteiger charge is 2.18. The Morgan fingerprint density at radius 3 is 1.13 bits per heavy atom. The first-order valence-electron chi connectivity index (χ1n) is 31.3. The number of ether oxygens (including phenoxy) is 1. The Labute approximate surface area is 436 Å². The maximum absolute atomic E-state index is 12.5. The van der Waals surface area contributed by atoms with Crippen LogP contribution in [-0.4, -0.2) is 47.4 Å². The van der Waals surface area contributed by atoms with E-state index in [1.54, 1.807) is 6.08 Å². The lowest BCUT2D eigenvalue weighted by atomic mass is 10.0. The number of aliphatic hydroxyl groups is 2. The highest BCUT2D eigenvalue weighted by atomic mass is 16.5. The maximum Gasteiger partial charge on any atom is 0.305 e. The van der Waals surface area contributed by atoms with Gasteiger partial charge in [0.2, 0.25) is 5.91 Å². The number of hydrogen-bond acceptors (Lipinski definition) is 5. The van der Waals surface area contributed by atoms with Crippen molar-refractivity contribution in [1.82, 2.24) is 5.32 Å². The summed E-state index contributed by atoms with van der Waals surface area (Å²) in [6.45, 7) is 4.87. The predicted octanol–water partition coefficient (Wildman–Crippen LogP) is 19.6. The van der Waals surface area contributed by atoms with E-state index in [-0.39, 0.29) is 18.5 Å². The smallest absolute Gasteiger partial charge is 0.305 e. The molecule has 2 unspecified atom stereocenters. The molecule has 6 heteroatoms. The zero-order valence-electron chi connectivity index (χ0n) is 47.0. The normalized spacial score (nSPS) is 12.8. The second-order valence-electron chi connectivity index (χ2n) is 21.4. The second-order valence-corrected chi connectivity index (χ2v) is 21.4. The maximum atomic E-state index is 12.5. The van der Waals surface area contributed by atoms with E-state index in [0.29, 0.717) is 19.4 Å². The highest BCUT2D eigenvalue weighted by Crippen LogP contribution is 2.18. The van der Waals surface area contributed by atoms with E-state index in [0.717, 1.165) is 51.4 Å². The van der Waals surface area contributed by atoms with Gasteiger partial charge in [-0.2, -0.15) is 0 Å². The minimum absolute atomic E-state index is 0.00612. The number of carbonyl (C=O) groups excluding carboxylic acids is 2. The second kappa shape index (κ2) is 59.6. The van der Waals surface area contributed by atoms with E-state index < -0.39 is 12.1 Å². The van der Waals surface area contributed by atoms with Crippen molar-refractivity contribution in [3.63, 3.8) is 0 Å². The van der Waals surface area contributed by atoms with E-state index in [1.807, 2.05) is 6.08 Å². The fraction of sp³-hybridized carbons (Fsp3) is 0.875. The molecule has 0 aromatic heterocycles. The van der Waals surface area contributed by atoms with Crippen LogP contribution >= 0.6 is 0 Å². The molecule has 0 aliphatic carbocycles. The molecule has 0 saturated carbocycles. The Morgan fingerprint density at radius 2 is 0.729 bits per heavy atom. The molecule has 0 aliphatic heterocycles. The molecular formula is C64H121NO5. The van der Waals surface area contributed by atoms with Gasteiger partial charge in [0.1, 0.15) is 0 Å². The molecule has 0 bridgehead atoms. The number of carbonyl (C=O) groups is 2. The first-order chi connectivity index (χ1) is 34.5. The van der Waals surface area contributed by atoms with Crippen LogP contribution in [0.3, 0.4) is 0 Å². The van der Waals surface area contributed by atoms with Crippen LogP contribution in [0, 0.1) is 0 Å². The molecule has 412 valence electrons. The lowest BCUT2D eigenvalue weighted by Gasteiger charge is -2.20. The number of aliphatic hydroxyl groups excluding tert-OH is 2. The van der Waals surface area contributed by atoms with Crippen LogP contribution in [0.4, 0.5) is 0 Å². The van der Waals surface area contributed by atoms with Gasteiger partial charge >= 0.3 is 5.97 Å². The summed E-state index contributed by atoms with van der Waals surface area (Å²) in [6, 6.07) is -0.631. The van der Waals surface area contributed by atoms with E-state index >= 15 is 0 Å². The van der Waals surface area contributed by atoms with Gasteiger partial charge in [0.25, 0.3) is 0 Å². The van der Waals surface area contributed by atoms with Crippen molar-refractivity contribution in [2.24, 2.45) is 0 Å². The Kier molecular flexibility index (Phi) is 58.0. The first-order valence-corrected chi connectivity index (χ1v) is 31.3. The number of amides is 1. The average Bonchev–Trinajstić information content (AvgIpc) is 3.36. The van der Waals surface area contributed by atoms with Crippen molar-refractivity contribution in [1.29, 1.82) is 0 Å². The SMILES string of the molecule is CCCC/C=C\C/C=C\CCCCCCCC(=O)OCCCCCCCCCCCCCCCCCCCCCC(=O)NC(CO)C(O)/C=C/CCCCCCCCCCCCCCCCCCCC. The van der Waals surface area contributed by atoms with Gasteiger partial charge in [-0.1, -0.05) is 301 Å². The molecule has 1 amide bonds. The van der Waals surface area contributed by atoms with Gasteiger partial charge in [-0.15, -0.1) is 0 Å². The molecule has 0 aromatic carbocycles. The van der Waals surface area contributed by atoms with Gasteiger partial charge in [-0.3, -0.25) is 9.59 Å². The number of rotatable bonds is 58. The summed E-state index contributed by atoms with van der Waals surface area (Å²) >= 11 is 0. The fourth-order valence-corrected chi connectivity index (χ4v) is 9.59. The summed E-state index contributed by atoms with van der Waals surface area (Å²) in [4.78, 5) is 24.5. The minimum Gasteiger partial charge on any atom is -0.466 e. The number of esters is 1. The quantitative estimate of drug-likeness (QED) is 0.0321. The third-order valence-electron chi connectivity index (χ3n) is 14.4. The number of hydrogen-bond donors (Lipinski definition) is 3. The summed E-state index contributed by atoms with van der Waals surface area (Å²) in [5, 5.41) is 23.2. The zero-order chi connectivity index (χ0) is 50.7. The molecule has 0 heterocycles. The van der Waals surface area contributed by atoms with Crippen LogP contribution < -0.4 is 5.32 Å². The topological polar surface area (TPSA) is 95.9 Å². The molecule has 0 fully saturated rings. The summed E-state index contributed by atoms with van der Waals surface area (Å²) in [7, 11) is 0. The van der Waals surface area contributed by atoms with E-state index in [2.05, 4.69) is 43.5 Å². The molecule has 0 aliphatic rings. The number of nitrogens with one attached hydrogen (secondary N) is 1. The molecule has 0 radical (unpaired) electrons. The van der Waals surface area contributed by atoms with Crippen molar-refractivity contribution in [3.8, 4) is 0 Å². The summed E-state index contributed by atoms with van der Waals surface area (Å²) in [5.41, 5.74) is 0. The number of unbranched alkanes of at least 4 members (excludes halogenated alkanes) is 43. The van der Waals surface area contributed by atoms with Crippen LogP contribution in [0.2, 0.25) is 0 Å². The monoisotopic (exact) mass is 984 g/mol. The van der Waals surface area contributed by atoms with Gasteiger partial charge in [-0.25, -0.2) is 0 Å². The van der Waals surface area contributed by atoms with Crippen molar-refractivity contribution < 1.29 is 24.5 Å². The highest BCUT2D eigenvalue weighted by molar-refractivity contribution is 5.76. The molecule has 0 spiro atoms. The van der Waals surface area contributed by atoms with E-state index in [4.69, 9.17) is 4.74 Å². The fourth-order valence-electron chi connectivity index (χ4n) is 9.59. The Balaban J connectivity index is 3.44. The van der Waals surface area contributed by atoms with Crippen molar-refractivity contribution >= 4 is 11.9 Å². The Morgan fingerprint density at radius 1 is 0.400 bits per heavy atom. The van der Waals surface area contributed by atoms with Crippen molar-refractivity contribution in [2.45, 2.75) is 347 Å². The largest absolute Gasteiger partial charge is 0.466 e.